The highest BCUT2D eigenvalue weighted by molar-refractivity contribution is 7.18. The molecule has 0 aliphatic heterocycles. The predicted molar refractivity (Wildman–Crippen MR) is 91.8 cm³/mol. The highest BCUT2D eigenvalue weighted by atomic mass is 32.1. The van der Waals surface area contributed by atoms with Crippen LogP contribution in [-0.2, 0) is 19.4 Å². The number of nitrogens with zero attached hydrogens (tertiary/aromatic N) is 1. The molecule has 2 aromatic heterocycles. The Kier molecular flexibility index (Phi) is 3.68. The van der Waals surface area contributed by atoms with Gasteiger partial charge in [0, 0.05) is 4.88 Å². The molecule has 1 aliphatic rings. The lowest BCUT2D eigenvalue weighted by molar-refractivity contribution is 0.0955. The summed E-state index contributed by atoms with van der Waals surface area (Å²) in [6.45, 7) is 0.501. The molecule has 1 N–H and O–H groups in total. The van der Waals surface area contributed by atoms with Crippen LogP contribution >= 0.6 is 22.7 Å². The average molecular weight is 328 g/mol. The minimum absolute atomic E-state index is 0.0265. The van der Waals surface area contributed by atoms with E-state index in [9.17, 15) is 4.79 Å². The third kappa shape index (κ3) is 2.66. The molecule has 5 heteroatoms. The summed E-state index contributed by atoms with van der Waals surface area (Å²) >= 11 is 3.29. The van der Waals surface area contributed by atoms with E-state index >= 15 is 0 Å². The Bertz CT molecular complexity index is 778. The number of amides is 1. The molecular weight excluding hydrogens is 312 g/mol. The molecule has 0 spiro atoms. The number of carbonyl (C=O) groups is 1. The number of rotatable bonds is 3. The van der Waals surface area contributed by atoms with Gasteiger partial charge in [0.05, 0.1) is 21.6 Å². The first-order valence-corrected chi connectivity index (χ1v) is 9.17. The standard InChI is InChI=1S/C17H16N2OS2/c20-17(15-9-11-5-1-3-7-13(11)21-15)18-10-16-19-12-6-2-4-8-14(12)22-16/h2,4,6,8-9H,1,3,5,7,10H2,(H,18,20). The van der Waals surface area contributed by atoms with Gasteiger partial charge in [-0.25, -0.2) is 4.98 Å². The number of thiophene rings is 1. The van der Waals surface area contributed by atoms with E-state index < -0.39 is 0 Å². The summed E-state index contributed by atoms with van der Waals surface area (Å²) in [6, 6.07) is 10.1. The van der Waals surface area contributed by atoms with Crippen LogP contribution in [0.15, 0.2) is 30.3 Å². The lowest BCUT2D eigenvalue weighted by Crippen LogP contribution is -2.21. The Hall–Kier alpha value is -1.72. The number of carbonyl (C=O) groups excluding carboxylic acids is 1. The number of thiazole rings is 1. The molecule has 0 fully saturated rings. The minimum atomic E-state index is 0.0265. The van der Waals surface area contributed by atoms with Crippen molar-refractivity contribution < 1.29 is 4.79 Å². The van der Waals surface area contributed by atoms with Gasteiger partial charge in [-0.15, -0.1) is 22.7 Å². The summed E-state index contributed by atoms with van der Waals surface area (Å²) in [5.74, 6) is 0.0265. The second-order valence-corrected chi connectivity index (χ2v) is 7.78. The Morgan fingerprint density at radius 1 is 1.18 bits per heavy atom. The smallest absolute Gasteiger partial charge is 0.261 e. The normalized spacial score (nSPS) is 14.0. The Morgan fingerprint density at radius 3 is 2.91 bits per heavy atom. The van der Waals surface area contributed by atoms with Crippen molar-refractivity contribution in [2.45, 2.75) is 32.2 Å². The van der Waals surface area contributed by atoms with Crippen LogP contribution in [0, 0.1) is 0 Å². The van der Waals surface area contributed by atoms with Crippen LogP contribution in [0.3, 0.4) is 0 Å². The molecule has 3 nitrogen and oxygen atoms in total. The van der Waals surface area contributed by atoms with Gasteiger partial charge >= 0.3 is 0 Å². The van der Waals surface area contributed by atoms with Gasteiger partial charge in [0.15, 0.2) is 0 Å². The third-order valence-corrected chi connectivity index (χ3v) is 6.23. The van der Waals surface area contributed by atoms with E-state index in [1.54, 1.807) is 22.7 Å². The number of hydrogen-bond acceptors (Lipinski definition) is 4. The molecule has 4 rings (SSSR count). The van der Waals surface area contributed by atoms with Crippen molar-refractivity contribution in [3.63, 3.8) is 0 Å². The van der Waals surface area contributed by atoms with Gasteiger partial charge in [0.25, 0.3) is 5.91 Å². The zero-order valence-electron chi connectivity index (χ0n) is 12.1. The van der Waals surface area contributed by atoms with Crippen LogP contribution in [0.1, 0.15) is 38.0 Å². The Morgan fingerprint density at radius 2 is 2.05 bits per heavy atom. The number of hydrogen-bond donors (Lipinski definition) is 1. The van der Waals surface area contributed by atoms with E-state index in [0.717, 1.165) is 28.2 Å². The molecule has 0 saturated carbocycles. The fourth-order valence-electron chi connectivity index (χ4n) is 2.84. The van der Waals surface area contributed by atoms with Crippen molar-refractivity contribution >= 4 is 38.8 Å². The van der Waals surface area contributed by atoms with Gasteiger partial charge in [0.2, 0.25) is 0 Å². The number of aromatic nitrogens is 1. The largest absolute Gasteiger partial charge is 0.345 e. The van der Waals surface area contributed by atoms with E-state index in [2.05, 4.69) is 22.4 Å². The van der Waals surface area contributed by atoms with Crippen LogP contribution in [0.25, 0.3) is 10.2 Å². The first-order valence-electron chi connectivity index (χ1n) is 7.54. The van der Waals surface area contributed by atoms with Crippen molar-refractivity contribution in [3.05, 3.63) is 50.7 Å². The summed E-state index contributed by atoms with van der Waals surface area (Å²) in [5, 5.41) is 3.96. The molecule has 22 heavy (non-hydrogen) atoms. The third-order valence-electron chi connectivity index (χ3n) is 3.96. The predicted octanol–water partition coefficient (Wildman–Crippen LogP) is 4.17. The lowest BCUT2D eigenvalue weighted by atomic mass is 9.99. The van der Waals surface area contributed by atoms with Crippen LogP contribution in [-0.4, -0.2) is 10.9 Å². The van der Waals surface area contributed by atoms with Gasteiger partial charge in [-0.05, 0) is 49.4 Å². The second kappa shape index (κ2) is 5.82. The number of benzene rings is 1. The zero-order chi connectivity index (χ0) is 14.9. The fourth-order valence-corrected chi connectivity index (χ4v) is 4.92. The molecule has 112 valence electrons. The summed E-state index contributed by atoms with van der Waals surface area (Å²) in [7, 11) is 0. The molecule has 1 aromatic carbocycles. The van der Waals surface area contributed by atoms with Gasteiger partial charge < -0.3 is 5.32 Å². The van der Waals surface area contributed by atoms with Crippen LogP contribution < -0.4 is 5.32 Å². The SMILES string of the molecule is O=C(NCc1nc2ccccc2s1)c1cc2c(s1)CCCC2. The fraction of sp³-hybridized carbons (Fsp3) is 0.294. The van der Waals surface area contributed by atoms with Crippen LogP contribution in [0.2, 0.25) is 0 Å². The van der Waals surface area contributed by atoms with Crippen LogP contribution in [0.5, 0.6) is 0 Å². The molecule has 0 bridgehead atoms. The number of para-hydroxylation sites is 1. The Labute approximate surface area is 137 Å². The number of nitrogens with one attached hydrogen (secondary N) is 1. The lowest BCUT2D eigenvalue weighted by Gasteiger charge is -2.08. The number of fused-ring (bicyclic) bond motifs is 2. The van der Waals surface area contributed by atoms with Gasteiger partial charge in [-0.2, -0.15) is 0 Å². The van der Waals surface area contributed by atoms with E-state index in [1.165, 1.54) is 28.0 Å². The van der Waals surface area contributed by atoms with Gasteiger partial charge in [0.1, 0.15) is 5.01 Å². The minimum Gasteiger partial charge on any atom is -0.345 e. The topological polar surface area (TPSA) is 42.0 Å². The van der Waals surface area contributed by atoms with Crippen LogP contribution in [0.4, 0.5) is 0 Å². The molecule has 1 amide bonds. The molecule has 0 unspecified atom stereocenters. The molecule has 0 saturated heterocycles. The summed E-state index contributed by atoms with van der Waals surface area (Å²) < 4.78 is 1.17. The molecule has 1 aliphatic carbocycles. The van der Waals surface area contributed by atoms with E-state index in [0.29, 0.717) is 6.54 Å². The molecule has 2 heterocycles. The maximum Gasteiger partial charge on any atom is 0.261 e. The quantitative estimate of drug-likeness (QED) is 0.784. The summed E-state index contributed by atoms with van der Waals surface area (Å²) in [5.41, 5.74) is 2.38. The van der Waals surface area contributed by atoms with E-state index in [1.807, 2.05) is 18.2 Å². The van der Waals surface area contributed by atoms with Gasteiger partial charge in [-0.1, -0.05) is 12.1 Å². The summed E-state index contributed by atoms with van der Waals surface area (Å²) in [4.78, 5) is 19.1. The highest BCUT2D eigenvalue weighted by Crippen LogP contribution is 2.29. The molecule has 0 atom stereocenters. The van der Waals surface area contributed by atoms with E-state index in [4.69, 9.17) is 0 Å². The first kappa shape index (κ1) is 13.9. The van der Waals surface area contributed by atoms with Crippen molar-refractivity contribution in [3.8, 4) is 0 Å². The van der Waals surface area contributed by atoms with Crippen molar-refractivity contribution in [1.29, 1.82) is 0 Å². The monoisotopic (exact) mass is 328 g/mol. The second-order valence-electron chi connectivity index (χ2n) is 5.52. The van der Waals surface area contributed by atoms with Gasteiger partial charge in [-0.3, -0.25) is 4.79 Å². The van der Waals surface area contributed by atoms with Crippen molar-refractivity contribution in [2.75, 3.05) is 0 Å². The van der Waals surface area contributed by atoms with Crippen molar-refractivity contribution in [2.24, 2.45) is 0 Å². The zero-order valence-corrected chi connectivity index (χ0v) is 13.7. The Balaban J connectivity index is 1.46. The summed E-state index contributed by atoms with van der Waals surface area (Å²) in [6.07, 6.45) is 4.75. The maximum atomic E-state index is 12.3. The average Bonchev–Trinajstić information content (AvgIpc) is 3.15. The first-order chi connectivity index (χ1) is 10.8. The number of aryl methyl sites for hydroxylation is 2. The van der Waals surface area contributed by atoms with E-state index in [-0.39, 0.29) is 5.91 Å². The molecule has 0 radical (unpaired) electrons. The molecular formula is C17H16N2OS2. The highest BCUT2D eigenvalue weighted by Gasteiger charge is 2.17. The maximum absolute atomic E-state index is 12.3. The van der Waals surface area contributed by atoms with Crippen molar-refractivity contribution in [1.82, 2.24) is 10.3 Å². The molecule has 3 aromatic rings.